The normalized spacial score (nSPS) is 14.7. The third-order valence-corrected chi connectivity index (χ3v) is 5.60. The van der Waals surface area contributed by atoms with Crippen molar-refractivity contribution in [3.05, 3.63) is 77.8 Å². The summed E-state index contributed by atoms with van der Waals surface area (Å²) in [5.74, 6) is 1.49. The highest BCUT2D eigenvalue weighted by Crippen LogP contribution is 2.20. The number of hydrogen-bond acceptors (Lipinski definition) is 5. The highest BCUT2D eigenvalue weighted by molar-refractivity contribution is 5.76. The molecule has 0 unspecified atom stereocenters. The maximum Gasteiger partial charge on any atom is 0.223 e. The number of oxazole rings is 1. The van der Waals surface area contributed by atoms with Crippen LogP contribution in [0.3, 0.4) is 0 Å². The van der Waals surface area contributed by atoms with E-state index in [2.05, 4.69) is 16.0 Å². The Bertz CT molecular complexity index is 1040. The van der Waals surface area contributed by atoms with E-state index in [9.17, 15) is 4.79 Å². The van der Waals surface area contributed by atoms with E-state index in [1.165, 1.54) is 5.56 Å². The van der Waals surface area contributed by atoms with Crippen LogP contribution < -0.4 is 0 Å². The minimum Gasteiger partial charge on any atom is -0.441 e. The Labute approximate surface area is 182 Å². The van der Waals surface area contributed by atoms with E-state index in [0.717, 1.165) is 50.5 Å². The SMILES string of the molecule is N#Cc1ccc(CN2CCCN(C(=O)CCc3ncc(-c4ccccc4)o3)CC2)cc1. The maximum absolute atomic E-state index is 12.7. The molecule has 6 nitrogen and oxygen atoms in total. The fraction of sp³-hybridized carbons (Fsp3) is 0.320. The first-order chi connectivity index (χ1) is 15.2. The van der Waals surface area contributed by atoms with Gasteiger partial charge < -0.3 is 9.32 Å². The summed E-state index contributed by atoms with van der Waals surface area (Å²) >= 11 is 0. The van der Waals surface area contributed by atoms with Crippen molar-refractivity contribution in [3.8, 4) is 17.4 Å². The third kappa shape index (κ3) is 5.59. The fourth-order valence-corrected chi connectivity index (χ4v) is 3.86. The van der Waals surface area contributed by atoms with Gasteiger partial charge in [0.1, 0.15) is 0 Å². The summed E-state index contributed by atoms with van der Waals surface area (Å²) in [5.41, 5.74) is 2.86. The summed E-state index contributed by atoms with van der Waals surface area (Å²) in [6.07, 6.45) is 3.60. The number of hydrogen-bond donors (Lipinski definition) is 0. The van der Waals surface area contributed by atoms with Gasteiger partial charge in [-0.25, -0.2) is 4.98 Å². The van der Waals surface area contributed by atoms with Crippen molar-refractivity contribution < 1.29 is 9.21 Å². The second kappa shape index (κ2) is 10.1. The number of nitriles is 1. The van der Waals surface area contributed by atoms with E-state index >= 15 is 0 Å². The summed E-state index contributed by atoms with van der Waals surface area (Å²) in [7, 11) is 0. The summed E-state index contributed by atoms with van der Waals surface area (Å²) < 4.78 is 5.82. The van der Waals surface area contributed by atoms with Crippen LogP contribution in [-0.4, -0.2) is 46.9 Å². The summed E-state index contributed by atoms with van der Waals surface area (Å²) in [4.78, 5) is 21.4. The van der Waals surface area contributed by atoms with E-state index in [0.29, 0.717) is 24.3 Å². The molecule has 1 aliphatic rings. The molecule has 158 valence electrons. The van der Waals surface area contributed by atoms with Crippen LogP contribution in [0.15, 0.2) is 65.2 Å². The molecule has 0 aliphatic carbocycles. The van der Waals surface area contributed by atoms with E-state index < -0.39 is 0 Å². The average Bonchev–Trinajstić information content (AvgIpc) is 3.17. The first kappa shape index (κ1) is 20.8. The van der Waals surface area contributed by atoms with Gasteiger partial charge in [0.15, 0.2) is 11.7 Å². The van der Waals surface area contributed by atoms with Crippen LogP contribution in [-0.2, 0) is 17.8 Å². The number of nitrogens with zero attached hydrogens (tertiary/aromatic N) is 4. The lowest BCUT2D eigenvalue weighted by molar-refractivity contribution is -0.131. The Hall–Kier alpha value is -3.43. The second-order valence-corrected chi connectivity index (χ2v) is 7.80. The highest BCUT2D eigenvalue weighted by atomic mass is 16.4. The van der Waals surface area contributed by atoms with E-state index in [-0.39, 0.29) is 5.91 Å². The van der Waals surface area contributed by atoms with Crippen molar-refractivity contribution in [3.63, 3.8) is 0 Å². The molecule has 3 aromatic rings. The highest BCUT2D eigenvalue weighted by Gasteiger charge is 2.20. The first-order valence-corrected chi connectivity index (χ1v) is 10.7. The largest absolute Gasteiger partial charge is 0.441 e. The predicted molar refractivity (Wildman–Crippen MR) is 118 cm³/mol. The van der Waals surface area contributed by atoms with Crippen LogP contribution in [0.25, 0.3) is 11.3 Å². The van der Waals surface area contributed by atoms with Gasteiger partial charge in [-0.15, -0.1) is 0 Å². The molecular formula is C25H26N4O2. The molecule has 0 spiro atoms. The number of benzene rings is 2. The zero-order chi connectivity index (χ0) is 21.5. The minimum atomic E-state index is 0.152. The molecule has 31 heavy (non-hydrogen) atoms. The van der Waals surface area contributed by atoms with E-state index in [4.69, 9.17) is 9.68 Å². The lowest BCUT2D eigenvalue weighted by Gasteiger charge is -2.22. The Morgan fingerprint density at radius 1 is 1.03 bits per heavy atom. The van der Waals surface area contributed by atoms with Gasteiger partial charge in [0.2, 0.25) is 5.91 Å². The Balaban J connectivity index is 1.26. The van der Waals surface area contributed by atoms with Crippen molar-refractivity contribution in [1.82, 2.24) is 14.8 Å². The van der Waals surface area contributed by atoms with Crippen LogP contribution >= 0.6 is 0 Å². The molecule has 0 radical (unpaired) electrons. The Kier molecular flexibility index (Phi) is 6.75. The second-order valence-electron chi connectivity index (χ2n) is 7.80. The van der Waals surface area contributed by atoms with Gasteiger partial charge in [0.05, 0.1) is 17.8 Å². The number of carbonyl (C=O) groups excluding carboxylic acids is 1. The zero-order valence-electron chi connectivity index (χ0n) is 17.5. The molecule has 1 amide bonds. The van der Waals surface area contributed by atoms with Crippen molar-refractivity contribution in [2.75, 3.05) is 26.2 Å². The smallest absolute Gasteiger partial charge is 0.223 e. The van der Waals surface area contributed by atoms with Crippen molar-refractivity contribution >= 4 is 5.91 Å². The first-order valence-electron chi connectivity index (χ1n) is 10.7. The quantitative estimate of drug-likeness (QED) is 0.612. The minimum absolute atomic E-state index is 0.152. The molecule has 1 fully saturated rings. The van der Waals surface area contributed by atoms with Crippen molar-refractivity contribution in [2.24, 2.45) is 0 Å². The van der Waals surface area contributed by atoms with Gasteiger partial charge >= 0.3 is 0 Å². The van der Waals surface area contributed by atoms with Gasteiger partial charge in [0, 0.05) is 51.1 Å². The monoisotopic (exact) mass is 414 g/mol. The summed E-state index contributed by atoms with van der Waals surface area (Å²) in [6.45, 7) is 4.17. The fourth-order valence-electron chi connectivity index (χ4n) is 3.86. The Morgan fingerprint density at radius 2 is 1.84 bits per heavy atom. The molecular weight excluding hydrogens is 388 g/mol. The van der Waals surface area contributed by atoms with Gasteiger partial charge in [-0.2, -0.15) is 5.26 Å². The van der Waals surface area contributed by atoms with Crippen LogP contribution in [0.4, 0.5) is 0 Å². The molecule has 1 saturated heterocycles. The molecule has 0 bridgehead atoms. The molecule has 1 aliphatic heterocycles. The number of aryl methyl sites for hydroxylation is 1. The lowest BCUT2D eigenvalue weighted by atomic mass is 10.1. The van der Waals surface area contributed by atoms with Gasteiger partial charge in [-0.1, -0.05) is 42.5 Å². The van der Waals surface area contributed by atoms with Crippen LogP contribution in [0.2, 0.25) is 0 Å². The van der Waals surface area contributed by atoms with Crippen LogP contribution in [0, 0.1) is 11.3 Å². The lowest BCUT2D eigenvalue weighted by Crippen LogP contribution is -2.35. The van der Waals surface area contributed by atoms with Gasteiger partial charge in [-0.3, -0.25) is 9.69 Å². The molecule has 1 aromatic heterocycles. The maximum atomic E-state index is 12.7. The van der Waals surface area contributed by atoms with Crippen LogP contribution in [0.1, 0.15) is 29.9 Å². The van der Waals surface area contributed by atoms with E-state index in [1.54, 1.807) is 6.20 Å². The van der Waals surface area contributed by atoms with Gasteiger partial charge in [-0.05, 0) is 24.1 Å². The zero-order valence-corrected chi connectivity index (χ0v) is 17.5. The third-order valence-electron chi connectivity index (χ3n) is 5.60. The number of carbonyl (C=O) groups is 1. The topological polar surface area (TPSA) is 73.4 Å². The molecule has 0 atom stereocenters. The van der Waals surface area contributed by atoms with Crippen molar-refractivity contribution in [1.29, 1.82) is 5.26 Å². The molecule has 0 N–H and O–H groups in total. The number of aromatic nitrogens is 1. The molecule has 2 heterocycles. The molecule has 4 rings (SSSR count). The molecule has 0 saturated carbocycles. The predicted octanol–water partition coefficient (Wildman–Crippen LogP) is 3.88. The summed E-state index contributed by atoms with van der Waals surface area (Å²) in [6, 6.07) is 19.7. The number of rotatable bonds is 6. The van der Waals surface area contributed by atoms with Crippen LogP contribution in [0.5, 0.6) is 0 Å². The van der Waals surface area contributed by atoms with E-state index in [1.807, 2.05) is 59.5 Å². The molecule has 2 aromatic carbocycles. The van der Waals surface area contributed by atoms with Crippen molar-refractivity contribution in [2.45, 2.75) is 25.8 Å². The average molecular weight is 415 g/mol. The number of amides is 1. The summed E-state index contributed by atoms with van der Waals surface area (Å²) in [5, 5.41) is 8.93. The molecule has 6 heteroatoms. The van der Waals surface area contributed by atoms with Gasteiger partial charge in [0.25, 0.3) is 0 Å². The Morgan fingerprint density at radius 3 is 2.61 bits per heavy atom. The standard InChI is InChI=1S/C25H26N4O2/c26-17-20-7-9-21(10-8-20)19-28-13-4-14-29(16-15-28)25(30)12-11-24-27-18-23(31-24)22-5-2-1-3-6-22/h1-3,5-10,18H,4,11-16,19H2.